The summed E-state index contributed by atoms with van der Waals surface area (Å²) in [6, 6.07) is 0.950. The number of hydrogen-bond donors (Lipinski definition) is 2. The topological polar surface area (TPSA) is 52.6 Å². The minimum atomic E-state index is -0.751. The summed E-state index contributed by atoms with van der Waals surface area (Å²) in [5.74, 6) is -0.715. The van der Waals surface area contributed by atoms with Gasteiger partial charge in [0.15, 0.2) is 0 Å². The molecule has 0 amide bonds. The highest BCUT2D eigenvalue weighted by atomic mass is 16.4. The smallest absolute Gasteiger partial charge is 0.323 e. The molecule has 4 heteroatoms. The zero-order valence-corrected chi connectivity index (χ0v) is 12.2. The Balaban J connectivity index is 2.46. The molecular formula is C14H28N2O2. The number of carboxylic acids is 1. The van der Waals surface area contributed by atoms with Crippen molar-refractivity contribution in [3.05, 3.63) is 0 Å². The summed E-state index contributed by atoms with van der Waals surface area (Å²) in [5.41, 5.74) is -0.751. The lowest BCUT2D eigenvalue weighted by Crippen LogP contribution is -2.54. The van der Waals surface area contributed by atoms with Crippen molar-refractivity contribution in [2.45, 2.75) is 70.5 Å². The maximum absolute atomic E-state index is 11.5. The van der Waals surface area contributed by atoms with Gasteiger partial charge < -0.3 is 10.0 Å². The number of carboxylic acid groups (broad SMARTS) is 1. The van der Waals surface area contributed by atoms with Gasteiger partial charge in [-0.25, -0.2) is 0 Å². The van der Waals surface area contributed by atoms with Crippen LogP contribution in [-0.4, -0.2) is 47.2 Å². The van der Waals surface area contributed by atoms with E-state index in [1.54, 1.807) is 0 Å². The highest BCUT2D eigenvalue weighted by Crippen LogP contribution is 2.26. The van der Waals surface area contributed by atoms with Crippen LogP contribution in [0.1, 0.15) is 52.9 Å². The largest absolute Gasteiger partial charge is 0.480 e. The Labute approximate surface area is 111 Å². The maximum atomic E-state index is 11.5. The number of nitrogens with one attached hydrogen (secondary N) is 1. The number of aliphatic carboxylic acids is 1. The van der Waals surface area contributed by atoms with Crippen molar-refractivity contribution in [1.82, 2.24) is 10.2 Å². The molecule has 1 aliphatic rings. The van der Waals surface area contributed by atoms with Crippen molar-refractivity contribution in [1.29, 1.82) is 0 Å². The normalized spacial score (nSPS) is 19.2. The van der Waals surface area contributed by atoms with E-state index in [1.165, 1.54) is 12.8 Å². The first-order valence-electron chi connectivity index (χ1n) is 7.12. The van der Waals surface area contributed by atoms with Crippen LogP contribution >= 0.6 is 0 Å². The average Bonchev–Trinajstić information content (AvgIpc) is 3.10. The van der Waals surface area contributed by atoms with E-state index in [1.807, 2.05) is 20.8 Å². The molecule has 0 aromatic carbocycles. The van der Waals surface area contributed by atoms with Gasteiger partial charge >= 0.3 is 5.97 Å². The van der Waals surface area contributed by atoms with Crippen LogP contribution in [0.4, 0.5) is 0 Å². The summed E-state index contributed by atoms with van der Waals surface area (Å²) >= 11 is 0. The van der Waals surface area contributed by atoms with E-state index in [0.29, 0.717) is 12.8 Å². The lowest BCUT2D eigenvalue weighted by atomic mass is 9.89. The molecule has 1 unspecified atom stereocenters. The predicted octanol–water partition coefficient (Wildman–Crippen LogP) is 2.09. The van der Waals surface area contributed by atoms with Crippen LogP contribution in [0.2, 0.25) is 0 Å². The molecule has 2 N–H and O–H groups in total. The van der Waals surface area contributed by atoms with Crippen LogP contribution in [0.5, 0.6) is 0 Å². The predicted molar refractivity (Wildman–Crippen MR) is 73.8 cm³/mol. The maximum Gasteiger partial charge on any atom is 0.323 e. The van der Waals surface area contributed by atoms with E-state index >= 15 is 0 Å². The van der Waals surface area contributed by atoms with E-state index < -0.39 is 11.5 Å². The molecule has 1 fully saturated rings. The molecule has 0 aliphatic heterocycles. The third-order valence-corrected chi connectivity index (χ3v) is 3.86. The van der Waals surface area contributed by atoms with Gasteiger partial charge in [-0.15, -0.1) is 0 Å². The number of rotatable bonds is 9. The van der Waals surface area contributed by atoms with Gasteiger partial charge in [0.2, 0.25) is 0 Å². The molecule has 0 saturated heterocycles. The lowest BCUT2D eigenvalue weighted by Gasteiger charge is -2.32. The van der Waals surface area contributed by atoms with E-state index in [-0.39, 0.29) is 6.04 Å². The van der Waals surface area contributed by atoms with Crippen LogP contribution < -0.4 is 5.32 Å². The molecule has 1 saturated carbocycles. The van der Waals surface area contributed by atoms with E-state index in [9.17, 15) is 9.90 Å². The fraction of sp³-hybridized carbons (Fsp3) is 0.929. The fourth-order valence-corrected chi connectivity index (χ4v) is 2.55. The van der Waals surface area contributed by atoms with Gasteiger partial charge in [-0.3, -0.25) is 10.1 Å². The van der Waals surface area contributed by atoms with E-state index in [0.717, 1.165) is 19.0 Å². The average molecular weight is 256 g/mol. The minimum absolute atomic E-state index is 0.196. The Hall–Kier alpha value is -0.610. The second kappa shape index (κ2) is 6.53. The number of nitrogens with zero attached hydrogens (tertiary/aromatic N) is 1. The molecule has 0 aromatic rings. The minimum Gasteiger partial charge on any atom is -0.480 e. The molecule has 106 valence electrons. The first-order valence-corrected chi connectivity index (χ1v) is 7.12. The van der Waals surface area contributed by atoms with Gasteiger partial charge in [-0.05, 0) is 59.5 Å². The van der Waals surface area contributed by atoms with Crippen LogP contribution in [0.15, 0.2) is 0 Å². The van der Waals surface area contributed by atoms with Gasteiger partial charge in [0.1, 0.15) is 5.54 Å². The van der Waals surface area contributed by atoms with Crippen molar-refractivity contribution < 1.29 is 9.90 Å². The molecule has 0 spiro atoms. The zero-order chi connectivity index (χ0) is 13.8. The number of hydrogen-bond acceptors (Lipinski definition) is 3. The van der Waals surface area contributed by atoms with Gasteiger partial charge in [-0.1, -0.05) is 6.92 Å². The molecule has 0 heterocycles. The molecule has 4 nitrogen and oxygen atoms in total. The second-order valence-corrected chi connectivity index (χ2v) is 5.86. The highest BCUT2D eigenvalue weighted by molar-refractivity contribution is 5.78. The van der Waals surface area contributed by atoms with E-state index in [2.05, 4.69) is 17.3 Å². The first-order chi connectivity index (χ1) is 8.41. The summed E-state index contributed by atoms with van der Waals surface area (Å²) in [6.07, 6.45) is 4.88. The third kappa shape index (κ3) is 4.25. The second-order valence-electron chi connectivity index (χ2n) is 5.86. The Kier molecular flexibility index (Phi) is 5.60. The van der Waals surface area contributed by atoms with Crippen LogP contribution in [0.25, 0.3) is 0 Å². The summed E-state index contributed by atoms with van der Waals surface area (Å²) in [6.45, 7) is 6.96. The van der Waals surface area contributed by atoms with Gasteiger partial charge in [0.25, 0.3) is 0 Å². The molecule has 1 aliphatic carbocycles. The Morgan fingerprint density at radius 3 is 2.50 bits per heavy atom. The molecule has 1 atom stereocenters. The zero-order valence-electron chi connectivity index (χ0n) is 12.2. The monoisotopic (exact) mass is 256 g/mol. The summed E-state index contributed by atoms with van der Waals surface area (Å²) < 4.78 is 0. The summed E-state index contributed by atoms with van der Waals surface area (Å²) in [4.78, 5) is 13.9. The quantitative estimate of drug-likeness (QED) is 0.663. The molecule has 0 bridgehead atoms. The van der Waals surface area contributed by atoms with Gasteiger partial charge in [-0.2, -0.15) is 0 Å². The first kappa shape index (κ1) is 15.4. The third-order valence-electron chi connectivity index (χ3n) is 3.86. The van der Waals surface area contributed by atoms with Crippen molar-refractivity contribution in [2.75, 3.05) is 13.6 Å². The van der Waals surface area contributed by atoms with Crippen LogP contribution in [0.3, 0.4) is 0 Å². The van der Waals surface area contributed by atoms with Crippen molar-refractivity contribution >= 4 is 5.97 Å². The van der Waals surface area contributed by atoms with Gasteiger partial charge in [0.05, 0.1) is 0 Å². The van der Waals surface area contributed by atoms with Gasteiger partial charge in [0, 0.05) is 12.1 Å². The lowest BCUT2D eigenvalue weighted by molar-refractivity contribution is -0.145. The van der Waals surface area contributed by atoms with Crippen LogP contribution in [-0.2, 0) is 4.79 Å². The summed E-state index contributed by atoms with van der Waals surface area (Å²) in [5, 5.41) is 12.7. The molecule has 0 radical (unpaired) electrons. The molecule has 1 rings (SSSR count). The Bertz CT molecular complexity index is 277. The Morgan fingerprint density at radius 2 is 2.11 bits per heavy atom. The molecule has 0 aromatic heterocycles. The fourth-order valence-electron chi connectivity index (χ4n) is 2.55. The molecular weight excluding hydrogens is 228 g/mol. The van der Waals surface area contributed by atoms with Crippen molar-refractivity contribution in [3.63, 3.8) is 0 Å². The Morgan fingerprint density at radius 1 is 1.50 bits per heavy atom. The van der Waals surface area contributed by atoms with Crippen LogP contribution in [0, 0.1) is 0 Å². The number of carbonyl (C=O) groups is 1. The van der Waals surface area contributed by atoms with Crippen molar-refractivity contribution in [3.8, 4) is 0 Å². The van der Waals surface area contributed by atoms with E-state index in [4.69, 9.17) is 0 Å². The standard InChI is InChI=1S/C14H28N2O2/c1-5-14(13(17)18,15-11(2)3)9-6-10-16(4)12-7-8-12/h11-12,15H,5-10H2,1-4H3,(H,17,18). The van der Waals surface area contributed by atoms with Crippen molar-refractivity contribution in [2.24, 2.45) is 0 Å². The molecule has 18 heavy (non-hydrogen) atoms. The summed E-state index contributed by atoms with van der Waals surface area (Å²) in [7, 11) is 2.14. The highest BCUT2D eigenvalue weighted by Gasteiger charge is 2.36. The SMILES string of the molecule is CCC(CCCN(C)C1CC1)(NC(C)C)C(=O)O.